The van der Waals surface area contributed by atoms with Crippen LogP contribution in [0.2, 0.25) is 0 Å². The van der Waals surface area contributed by atoms with Crippen LogP contribution in [0.3, 0.4) is 0 Å². The average molecular weight is 643 g/mol. The van der Waals surface area contributed by atoms with Crippen molar-refractivity contribution in [3.05, 3.63) is 182 Å². The van der Waals surface area contributed by atoms with Gasteiger partial charge in [-0.15, -0.1) is 11.3 Å². The molecule has 0 aliphatic carbocycles. The molecule has 9 aromatic rings. The fourth-order valence-corrected chi connectivity index (χ4v) is 8.21. The van der Waals surface area contributed by atoms with E-state index in [0.29, 0.717) is 0 Å². The van der Waals surface area contributed by atoms with Crippen LogP contribution in [0.25, 0.3) is 87.2 Å². The van der Waals surface area contributed by atoms with E-state index in [1.165, 1.54) is 53.6 Å². The van der Waals surface area contributed by atoms with Crippen LogP contribution in [0.4, 0.5) is 0 Å². The van der Waals surface area contributed by atoms with Crippen molar-refractivity contribution in [2.75, 3.05) is 0 Å². The molecule has 0 radical (unpaired) electrons. The molecule has 0 saturated heterocycles. The van der Waals surface area contributed by atoms with Gasteiger partial charge in [-0.1, -0.05) is 158 Å². The van der Waals surface area contributed by atoms with Crippen molar-refractivity contribution < 1.29 is 0 Å². The molecular weight excluding hydrogens is 613 g/mol. The fraction of sp³-hybridized carbons (Fsp3) is 0. The molecule has 49 heavy (non-hydrogen) atoms. The predicted molar refractivity (Wildman–Crippen MR) is 208 cm³/mol. The van der Waals surface area contributed by atoms with Gasteiger partial charge in [-0.05, 0) is 34.4 Å². The molecule has 3 heterocycles. The van der Waals surface area contributed by atoms with E-state index in [2.05, 4.69) is 158 Å². The second-order valence-electron chi connectivity index (χ2n) is 12.2. The van der Waals surface area contributed by atoms with Crippen molar-refractivity contribution in [3.8, 4) is 67.0 Å². The van der Waals surface area contributed by atoms with E-state index in [-0.39, 0.29) is 0 Å². The zero-order chi connectivity index (χ0) is 32.6. The lowest BCUT2D eigenvalue weighted by molar-refractivity contribution is 1.32. The number of aromatic nitrogens is 2. The number of benzene rings is 6. The van der Waals surface area contributed by atoms with Crippen LogP contribution in [0, 0.1) is 0 Å². The number of thiophene rings is 1. The average Bonchev–Trinajstić information content (AvgIpc) is 3.58. The summed E-state index contributed by atoms with van der Waals surface area (Å²) in [5.74, 6) is 0. The van der Waals surface area contributed by atoms with Crippen LogP contribution in [-0.4, -0.2) is 9.97 Å². The Morgan fingerprint density at radius 1 is 0.286 bits per heavy atom. The van der Waals surface area contributed by atoms with Gasteiger partial charge in [0, 0.05) is 65.9 Å². The van der Waals surface area contributed by atoms with E-state index in [0.717, 1.165) is 33.6 Å². The van der Waals surface area contributed by atoms with Gasteiger partial charge >= 0.3 is 0 Å². The van der Waals surface area contributed by atoms with Crippen LogP contribution in [-0.2, 0) is 0 Å². The molecule has 0 amide bonds. The molecule has 0 atom stereocenters. The molecule has 9 rings (SSSR count). The summed E-state index contributed by atoms with van der Waals surface area (Å²) in [6.45, 7) is 0. The first-order valence-corrected chi connectivity index (χ1v) is 17.3. The summed E-state index contributed by atoms with van der Waals surface area (Å²) in [6, 6.07) is 60.1. The molecule has 3 heteroatoms. The van der Waals surface area contributed by atoms with Crippen LogP contribution < -0.4 is 0 Å². The second kappa shape index (κ2) is 12.5. The Hall–Kier alpha value is -6.16. The maximum absolute atomic E-state index is 4.85. The summed E-state index contributed by atoms with van der Waals surface area (Å²) in [7, 11) is 0. The van der Waals surface area contributed by atoms with Crippen molar-refractivity contribution >= 4 is 31.5 Å². The Balaban J connectivity index is 1.15. The van der Waals surface area contributed by atoms with Crippen molar-refractivity contribution in [2.45, 2.75) is 0 Å². The van der Waals surface area contributed by atoms with Crippen molar-refractivity contribution in [1.29, 1.82) is 0 Å². The number of hydrogen-bond acceptors (Lipinski definition) is 3. The number of rotatable bonds is 6. The van der Waals surface area contributed by atoms with E-state index in [1.54, 1.807) is 0 Å². The Kier molecular flexibility index (Phi) is 7.38. The summed E-state index contributed by atoms with van der Waals surface area (Å²) in [6.07, 6.45) is 4.00. The van der Waals surface area contributed by atoms with E-state index < -0.39 is 0 Å². The van der Waals surface area contributed by atoms with Gasteiger partial charge < -0.3 is 0 Å². The minimum Gasteiger partial charge on any atom is -0.256 e. The highest BCUT2D eigenvalue weighted by Crippen LogP contribution is 2.46. The first-order valence-electron chi connectivity index (χ1n) is 16.5. The lowest BCUT2D eigenvalue weighted by Crippen LogP contribution is -1.88. The molecule has 0 bridgehead atoms. The molecule has 230 valence electrons. The molecule has 0 fully saturated rings. The van der Waals surface area contributed by atoms with Crippen molar-refractivity contribution in [3.63, 3.8) is 0 Å². The molecule has 0 aliphatic rings. The molecule has 0 spiro atoms. The third kappa shape index (κ3) is 5.31. The smallest absolute Gasteiger partial charge is 0.0702 e. The Morgan fingerprint density at radius 2 is 0.673 bits per heavy atom. The minimum atomic E-state index is 0.976. The highest BCUT2D eigenvalue weighted by molar-refractivity contribution is 7.26. The van der Waals surface area contributed by atoms with Crippen LogP contribution in [0.5, 0.6) is 0 Å². The zero-order valence-electron chi connectivity index (χ0n) is 26.6. The van der Waals surface area contributed by atoms with E-state index in [1.807, 2.05) is 35.9 Å². The third-order valence-electron chi connectivity index (χ3n) is 9.25. The predicted octanol–water partition coefficient (Wildman–Crippen LogP) is 12.8. The highest BCUT2D eigenvalue weighted by atomic mass is 32.1. The van der Waals surface area contributed by atoms with Crippen LogP contribution >= 0.6 is 11.3 Å². The molecule has 0 saturated carbocycles. The summed E-state index contributed by atoms with van der Waals surface area (Å²) in [4.78, 5) is 9.71. The van der Waals surface area contributed by atoms with Gasteiger partial charge in [0.15, 0.2) is 0 Å². The van der Waals surface area contributed by atoms with Crippen molar-refractivity contribution in [1.82, 2.24) is 9.97 Å². The maximum atomic E-state index is 4.85. The Morgan fingerprint density at radius 3 is 1.08 bits per heavy atom. The zero-order valence-corrected chi connectivity index (χ0v) is 27.4. The molecule has 6 aromatic carbocycles. The standard InChI is InChI=1S/C46H30N2S/c1-3-13-31(14-4-1)43-27-25-33(29-47-43)35-17-7-9-19-37(35)39-21-11-23-41-42-24-12-22-40(46(42)49-45(39)41)38-20-10-8-18-36(38)34-26-28-44(48-30-34)32-15-5-2-6-16-32/h1-30H. The maximum Gasteiger partial charge on any atom is 0.0702 e. The van der Waals surface area contributed by atoms with Gasteiger partial charge in [0.05, 0.1) is 11.4 Å². The fourth-order valence-electron chi connectivity index (χ4n) is 6.85. The normalized spacial score (nSPS) is 11.3. The van der Waals surface area contributed by atoms with Gasteiger partial charge in [-0.2, -0.15) is 0 Å². The quantitative estimate of drug-likeness (QED) is 0.180. The molecule has 0 N–H and O–H groups in total. The van der Waals surface area contributed by atoms with Gasteiger partial charge in [0.1, 0.15) is 0 Å². The Bertz CT molecular complexity index is 2390. The van der Waals surface area contributed by atoms with E-state index in [9.17, 15) is 0 Å². The minimum absolute atomic E-state index is 0.976. The third-order valence-corrected chi connectivity index (χ3v) is 10.5. The summed E-state index contributed by atoms with van der Waals surface area (Å²) < 4.78 is 2.58. The number of hydrogen-bond donors (Lipinski definition) is 0. The van der Waals surface area contributed by atoms with E-state index >= 15 is 0 Å². The van der Waals surface area contributed by atoms with Gasteiger partial charge in [-0.3, -0.25) is 9.97 Å². The highest BCUT2D eigenvalue weighted by Gasteiger charge is 2.18. The number of nitrogens with zero attached hydrogens (tertiary/aromatic N) is 2. The molecule has 2 nitrogen and oxygen atoms in total. The summed E-state index contributed by atoms with van der Waals surface area (Å²) in [5, 5.41) is 2.55. The monoisotopic (exact) mass is 642 g/mol. The molecule has 0 aliphatic heterocycles. The van der Waals surface area contributed by atoms with Gasteiger partial charge in [0.2, 0.25) is 0 Å². The molecule has 3 aromatic heterocycles. The Labute approximate surface area is 289 Å². The van der Waals surface area contributed by atoms with Gasteiger partial charge in [-0.25, -0.2) is 0 Å². The largest absolute Gasteiger partial charge is 0.256 e. The summed E-state index contributed by atoms with van der Waals surface area (Å²) in [5.41, 5.74) is 13.7. The van der Waals surface area contributed by atoms with E-state index in [4.69, 9.17) is 9.97 Å². The SMILES string of the molecule is c1ccc(-c2ccc(-c3ccccc3-c3cccc4c3sc3c(-c5ccccc5-c5ccc(-c6ccccc6)nc5)cccc34)cn2)cc1. The second-order valence-corrected chi connectivity index (χ2v) is 13.2. The first-order chi connectivity index (χ1) is 24.3. The summed E-state index contributed by atoms with van der Waals surface area (Å²) >= 11 is 1.88. The number of pyridine rings is 2. The molecular formula is C46H30N2S. The van der Waals surface area contributed by atoms with Gasteiger partial charge in [0.25, 0.3) is 0 Å². The lowest BCUT2D eigenvalue weighted by atomic mass is 9.93. The van der Waals surface area contributed by atoms with Crippen LogP contribution in [0.1, 0.15) is 0 Å². The number of fused-ring (bicyclic) bond motifs is 3. The lowest BCUT2D eigenvalue weighted by Gasteiger charge is -2.12. The first kappa shape index (κ1) is 29.0. The van der Waals surface area contributed by atoms with Crippen LogP contribution in [0.15, 0.2) is 182 Å². The topological polar surface area (TPSA) is 25.8 Å². The van der Waals surface area contributed by atoms with Crippen molar-refractivity contribution in [2.24, 2.45) is 0 Å². The molecule has 0 unspecified atom stereocenters.